The molecular weight excluding hydrogens is 248 g/mol. The van der Waals surface area contributed by atoms with Crippen LogP contribution in [0.15, 0.2) is 54.6 Å². The summed E-state index contributed by atoms with van der Waals surface area (Å²) in [7, 11) is 0. The molecule has 2 aromatic rings. The molecule has 0 radical (unpaired) electrons. The molecule has 3 heteroatoms. The predicted octanol–water partition coefficient (Wildman–Crippen LogP) is 2.98. The first-order valence-corrected chi connectivity index (χ1v) is 6.92. The Morgan fingerprint density at radius 2 is 1.60 bits per heavy atom. The molecule has 0 aliphatic heterocycles. The van der Waals surface area contributed by atoms with Crippen LogP contribution in [0.4, 0.5) is 5.69 Å². The van der Waals surface area contributed by atoms with Crippen molar-refractivity contribution < 1.29 is 4.79 Å². The molecule has 0 heterocycles. The van der Waals surface area contributed by atoms with Crippen LogP contribution in [0.3, 0.4) is 0 Å². The fourth-order valence-electron chi connectivity index (χ4n) is 2.07. The average molecular weight is 268 g/mol. The molecule has 0 saturated heterocycles. The molecule has 0 unspecified atom stereocenters. The molecular formula is C17H20N2O. The van der Waals surface area contributed by atoms with Crippen LogP contribution in [-0.4, -0.2) is 12.5 Å². The van der Waals surface area contributed by atoms with Crippen molar-refractivity contribution >= 4 is 11.6 Å². The van der Waals surface area contributed by atoms with E-state index >= 15 is 0 Å². The lowest BCUT2D eigenvalue weighted by molar-refractivity contribution is -0.119. The molecule has 2 rings (SSSR count). The SMILES string of the molecule is CCc1ccccc1CNC(=O)CNc1ccccc1. The molecule has 104 valence electrons. The maximum atomic E-state index is 11.8. The molecule has 0 aromatic heterocycles. The van der Waals surface area contributed by atoms with Crippen molar-refractivity contribution in [3.05, 3.63) is 65.7 Å². The minimum atomic E-state index is -0.000223. The first-order chi connectivity index (χ1) is 9.79. The number of anilines is 1. The average Bonchev–Trinajstić information content (AvgIpc) is 2.52. The van der Waals surface area contributed by atoms with Gasteiger partial charge in [-0.3, -0.25) is 4.79 Å². The lowest BCUT2D eigenvalue weighted by Crippen LogP contribution is -2.29. The van der Waals surface area contributed by atoms with E-state index in [9.17, 15) is 4.79 Å². The van der Waals surface area contributed by atoms with E-state index in [4.69, 9.17) is 0 Å². The van der Waals surface area contributed by atoms with Crippen molar-refractivity contribution in [3.8, 4) is 0 Å². The van der Waals surface area contributed by atoms with Gasteiger partial charge < -0.3 is 10.6 Å². The second kappa shape index (κ2) is 7.34. The zero-order valence-electron chi connectivity index (χ0n) is 11.7. The van der Waals surface area contributed by atoms with E-state index in [0.29, 0.717) is 6.54 Å². The third kappa shape index (κ3) is 4.12. The van der Waals surface area contributed by atoms with Gasteiger partial charge in [0.05, 0.1) is 6.54 Å². The van der Waals surface area contributed by atoms with Crippen LogP contribution in [-0.2, 0) is 17.8 Å². The van der Waals surface area contributed by atoms with Gasteiger partial charge in [-0.15, -0.1) is 0 Å². The number of aryl methyl sites for hydroxylation is 1. The minimum Gasteiger partial charge on any atom is -0.376 e. The van der Waals surface area contributed by atoms with Crippen molar-refractivity contribution in [1.29, 1.82) is 0 Å². The predicted molar refractivity (Wildman–Crippen MR) is 82.6 cm³/mol. The summed E-state index contributed by atoms with van der Waals surface area (Å²) >= 11 is 0. The smallest absolute Gasteiger partial charge is 0.239 e. The van der Waals surface area contributed by atoms with Crippen LogP contribution in [0.2, 0.25) is 0 Å². The zero-order chi connectivity index (χ0) is 14.2. The van der Waals surface area contributed by atoms with Crippen LogP contribution in [0.25, 0.3) is 0 Å². The summed E-state index contributed by atoms with van der Waals surface area (Å²) in [5, 5.41) is 6.04. The Balaban J connectivity index is 1.80. The molecule has 2 aromatic carbocycles. The number of carbonyl (C=O) groups excluding carboxylic acids is 1. The highest BCUT2D eigenvalue weighted by Crippen LogP contribution is 2.09. The topological polar surface area (TPSA) is 41.1 Å². The minimum absolute atomic E-state index is 0.000223. The van der Waals surface area contributed by atoms with E-state index in [1.807, 2.05) is 42.5 Å². The Morgan fingerprint density at radius 3 is 2.30 bits per heavy atom. The van der Waals surface area contributed by atoms with E-state index in [1.165, 1.54) is 11.1 Å². The molecule has 0 aliphatic carbocycles. The number of nitrogens with one attached hydrogen (secondary N) is 2. The maximum Gasteiger partial charge on any atom is 0.239 e. The number of para-hydroxylation sites is 1. The molecule has 0 aliphatic rings. The summed E-state index contributed by atoms with van der Waals surface area (Å²) in [5.41, 5.74) is 3.42. The number of hydrogen-bond donors (Lipinski definition) is 2. The van der Waals surface area contributed by atoms with Gasteiger partial charge in [0.15, 0.2) is 0 Å². The number of hydrogen-bond acceptors (Lipinski definition) is 2. The highest BCUT2D eigenvalue weighted by atomic mass is 16.1. The highest BCUT2D eigenvalue weighted by molar-refractivity contribution is 5.80. The molecule has 0 spiro atoms. The van der Waals surface area contributed by atoms with Gasteiger partial charge in [0.1, 0.15) is 0 Å². The van der Waals surface area contributed by atoms with Crippen LogP contribution in [0, 0.1) is 0 Å². The zero-order valence-corrected chi connectivity index (χ0v) is 11.7. The normalized spacial score (nSPS) is 10.1. The Bertz CT molecular complexity index is 552. The van der Waals surface area contributed by atoms with E-state index in [1.54, 1.807) is 0 Å². The van der Waals surface area contributed by atoms with Gasteiger partial charge in [-0.2, -0.15) is 0 Å². The molecule has 0 atom stereocenters. The van der Waals surface area contributed by atoms with Gasteiger partial charge in [0.2, 0.25) is 5.91 Å². The second-order valence-corrected chi connectivity index (χ2v) is 4.62. The van der Waals surface area contributed by atoms with Gasteiger partial charge in [-0.05, 0) is 29.7 Å². The first-order valence-electron chi connectivity index (χ1n) is 6.92. The van der Waals surface area contributed by atoms with E-state index in [-0.39, 0.29) is 12.5 Å². The van der Waals surface area contributed by atoms with E-state index in [2.05, 4.69) is 29.7 Å². The number of amides is 1. The van der Waals surface area contributed by atoms with Crippen LogP contribution >= 0.6 is 0 Å². The number of rotatable bonds is 6. The van der Waals surface area contributed by atoms with Crippen LogP contribution in [0.5, 0.6) is 0 Å². The molecule has 0 saturated carbocycles. The number of carbonyl (C=O) groups is 1. The Labute approximate surface area is 120 Å². The lowest BCUT2D eigenvalue weighted by atomic mass is 10.1. The summed E-state index contributed by atoms with van der Waals surface area (Å²) < 4.78 is 0. The maximum absolute atomic E-state index is 11.8. The van der Waals surface area contributed by atoms with Gasteiger partial charge in [0.25, 0.3) is 0 Å². The summed E-state index contributed by atoms with van der Waals surface area (Å²) in [6.07, 6.45) is 0.980. The Hall–Kier alpha value is -2.29. The molecule has 0 fully saturated rings. The monoisotopic (exact) mass is 268 g/mol. The summed E-state index contributed by atoms with van der Waals surface area (Å²) in [5.74, 6) is -0.000223. The van der Waals surface area contributed by atoms with Crippen LogP contribution < -0.4 is 10.6 Å². The summed E-state index contributed by atoms with van der Waals surface area (Å²) in [6.45, 7) is 3.00. The number of benzene rings is 2. The Morgan fingerprint density at radius 1 is 0.950 bits per heavy atom. The van der Waals surface area contributed by atoms with Gasteiger partial charge in [0, 0.05) is 12.2 Å². The summed E-state index contributed by atoms with van der Waals surface area (Å²) in [6, 6.07) is 17.9. The van der Waals surface area contributed by atoms with E-state index < -0.39 is 0 Å². The van der Waals surface area contributed by atoms with Gasteiger partial charge >= 0.3 is 0 Å². The molecule has 3 nitrogen and oxygen atoms in total. The highest BCUT2D eigenvalue weighted by Gasteiger charge is 2.03. The molecule has 0 bridgehead atoms. The molecule has 20 heavy (non-hydrogen) atoms. The summed E-state index contributed by atoms with van der Waals surface area (Å²) in [4.78, 5) is 11.8. The standard InChI is InChI=1S/C17H20N2O/c1-2-14-8-6-7-9-15(14)12-19-17(20)13-18-16-10-4-3-5-11-16/h3-11,18H,2,12-13H2,1H3,(H,19,20). The third-order valence-corrected chi connectivity index (χ3v) is 3.20. The van der Waals surface area contributed by atoms with Crippen molar-refractivity contribution in [2.45, 2.75) is 19.9 Å². The van der Waals surface area contributed by atoms with Crippen molar-refractivity contribution in [1.82, 2.24) is 5.32 Å². The molecule has 2 N–H and O–H groups in total. The third-order valence-electron chi connectivity index (χ3n) is 3.20. The van der Waals surface area contributed by atoms with Crippen molar-refractivity contribution in [2.24, 2.45) is 0 Å². The largest absolute Gasteiger partial charge is 0.376 e. The first kappa shape index (κ1) is 14.1. The van der Waals surface area contributed by atoms with E-state index in [0.717, 1.165) is 12.1 Å². The van der Waals surface area contributed by atoms with Crippen LogP contribution in [0.1, 0.15) is 18.1 Å². The quantitative estimate of drug-likeness (QED) is 0.845. The van der Waals surface area contributed by atoms with Crippen molar-refractivity contribution in [2.75, 3.05) is 11.9 Å². The molecule has 1 amide bonds. The Kier molecular flexibility index (Phi) is 5.18. The van der Waals surface area contributed by atoms with Gasteiger partial charge in [-0.25, -0.2) is 0 Å². The van der Waals surface area contributed by atoms with Gasteiger partial charge in [-0.1, -0.05) is 49.4 Å². The second-order valence-electron chi connectivity index (χ2n) is 4.62. The lowest BCUT2D eigenvalue weighted by Gasteiger charge is -2.10. The fourth-order valence-corrected chi connectivity index (χ4v) is 2.07. The fraction of sp³-hybridized carbons (Fsp3) is 0.235. The van der Waals surface area contributed by atoms with Crippen molar-refractivity contribution in [3.63, 3.8) is 0 Å².